The van der Waals surface area contributed by atoms with Gasteiger partial charge >= 0.3 is 0 Å². The molecule has 0 aliphatic carbocycles. The van der Waals surface area contributed by atoms with Gasteiger partial charge in [-0.2, -0.15) is 4.98 Å². The van der Waals surface area contributed by atoms with E-state index in [1.54, 1.807) is 13.2 Å². The number of nitrogens with zero attached hydrogens (tertiary/aromatic N) is 2. The highest BCUT2D eigenvalue weighted by Crippen LogP contribution is 2.32. The van der Waals surface area contributed by atoms with Crippen molar-refractivity contribution >= 4 is 5.82 Å². The second-order valence-electron chi connectivity index (χ2n) is 4.33. The van der Waals surface area contributed by atoms with Crippen molar-refractivity contribution in [3.63, 3.8) is 0 Å². The van der Waals surface area contributed by atoms with Gasteiger partial charge in [-0.1, -0.05) is 13.0 Å². The molecule has 0 radical (unpaired) electrons. The summed E-state index contributed by atoms with van der Waals surface area (Å²) in [6, 6.07) is 7.64. The van der Waals surface area contributed by atoms with Crippen LogP contribution in [0.25, 0.3) is 0 Å². The van der Waals surface area contributed by atoms with Crippen molar-refractivity contribution < 1.29 is 9.47 Å². The maximum Gasteiger partial charge on any atom is 0.224 e. The Morgan fingerprint density at radius 1 is 1.15 bits per heavy atom. The summed E-state index contributed by atoms with van der Waals surface area (Å²) in [7, 11) is 3.44. The van der Waals surface area contributed by atoms with Gasteiger partial charge in [0.05, 0.1) is 7.11 Å². The minimum atomic E-state index is 0.490. The van der Waals surface area contributed by atoms with Crippen molar-refractivity contribution in [1.29, 1.82) is 0 Å². The van der Waals surface area contributed by atoms with E-state index in [0.717, 1.165) is 12.2 Å². The highest BCUT2D eigenvalue weighted by molar-refractivity contribution is 5.46. The number of aromatic nitrogens is 2. The molecule has 5 nitrogen and oxygen atoms in total. The minimum Gasteiger partial charge on any atom is -0.493 e. The highest BCUT2D eigenvalue weighted by Gasteiger charge is 2.09. The van der Waals surface area contributed by atoms with E-state index in [-0.39, 0.29) is 0 Å². The third-order valence-electron chi connectivity index (χ3n) is 2.92. The molecule has 0 aliphatic rings. The number of aryl methyl sites for hydroxylation is 2. The number of hydrogen-bond donors (Lipinski definition) is 1. The zero-order chi connectivity index (χ0) is 14.5. The van der Waals surface area contributed by atoms with Gasteiger partial charge in [0.2, 0.25) is 5.88 Å². The topological polar surface area (TPSA) is 56.3 Å². The second kappa shape index (κ2) is 6.23. The molecular weight excluding hydrogens is 254 g/mol. The molecule has 0 amide bonds. The molecule has 0 bridgehead atoms. The first-order chi connectivity index (χ1) is 9.66. The van der Waals surface area contributed by atoms with Gasteiger partial charge in [-0.3, -0.25) is 0 Å². The summed E-state index contributed by atoms with van der Waals surface area (Å²) in [5, 5.41) is 2.98. The molecule has 0 atom stereocenters. The van der Waals surface area contributed by atoms with E-state index in [4.69, 9.17) is 9.47 Å². The number of rotatable bonds is 5. The van der Waals surface area contributed by atoms with E-state index in [1.165, 1.54) is 5.56 Å². The number of methoxy groups -OCH3 is 1. The lowest BCUT2D eigenvalue weighted by Gasteiger charge is -2.12. The lowest BCUT2D eigenvalue weighted by Crippen LogP contribution is -1.99. The Bertz CT molecular complexity index is 600. The van der Waals surface area contributed by atoms with Crippen LogP contribution in [0.5, 0.6) is 17.4 Å². The van der Waals surface area contributed by atoms with E-state index < -0.39 is 0 Å². The quantitative estimate of drug-likeness (QED) is 0.906. The summed E-state index contributed by atoms with van der Waals surface area (Å²) in [4.78, 5) is 8.50. The molecule has 106 valence electrons. The summed E-state index contributed by atoms with van der Waals surface area (Å²) in [6.07, 6.45) is 0.952. The summed E-state index contributed by atoms with van der Waals surface area (Å²) < 4.78 is 11.2. The van der Waals surface area contributed by atoms with Crippen molar-refractivity contribution in [2.75, 3.05) is 19.5 Å². The van der Waals surface area contributed by atoms with Crippen molar-refractivity contribution in [2.24, 2.45) is 0 Å². The van der Waals surface area contributed by atoms with Gasteiger partial charge in [-0.05, 0) is 31.0 Å². The Labute approximate surface area is 119 Å². The molecule has 0 spiro atoms. The molecule has 1 heterocycles. The van der Waals surface area contributed by atoms with Crippen LogP contribution >= 0.6 is 0 Å². The van der Waals surface area contributed by atoms with Crippen molar-refractivity contribution in [1.82, 2.24) is 9.97 Å². The zero-order valence-electron chi connectivity index (χ0n) is 12.2. The molecule has 0 saturated carbocycles. The number of nitrogens with one attached hydrogen (secondary N) is 1. The monoisotopic (exact) mass is 273 g/mol. The Balaban J connectivity index is 2.31. The van der Waals surface area contributed by atoms with E-state index in [2.05, 4.69) is 22.2 Å². The fourth-order valence-corrected chi connectivity index (χ4v) is 1.85. The van der Waals surface area contributed by atoms with Gasteiger partial charge in [0, 0.05) is 13.1 Å². The molecule has 2 rings (SSSR count). The van der Waals surface area contributed by atoms with Crippen LogP contribution in [0.15, 0.2) is 24.3 Å². The van der Waals surface area contributed by atoms with Crippen LogP contribution in [0.1, 0.15) is 18.3 Å². The molecule has 0 saturated heterocycles. The van der Waals surface area contributed by atoms with Crippen LogP contribution in [0.4, 0.5) is 5.82 Å². The fourth-order valence-electron chi connectivity index (χ4n) is 1.85. The van der Waals surface area contributed by atoms with Crippen LogP contribution in [-0.4, -0.2) is 24.1 Å². The first-order valence-electron chi connectivity index (χ1n) is 6.54. The lowest BCUT2D eigenvalue weighted by atomic mass is 10.1. The Hall–Kier alpha value is -2.30. The standard InChI is InChI=1S/C15H19N3O2/c1-5-11-6-7-12(13(8-11)19-4)20-15-9-14(16-3)17-10(2)18-15/h6-9H,5H2,1-4H3,(H,16,17,18). The second-order valence-corrected chi connectivity index (χ2v) is 4.33. The smallest absolute Gasteiger partial charge is 0.224 e. The molecule has 1 aromatic carbocycles. The average molecular weight is 273 g/mol. The Kier molecular flexibility index (Phi) is 4.40. The molecule has 0 unspecified atom stereocenters. The van der Waals surface area contributed by atoms with Crippen LogP contribution < -0.4 is 14.8 Å². The Morgan fingerprint density at radius 2 is 1.95 bits per heavy atom. The largest absolute Gasteiger partial charge is 0.493 e. The lowest BCUT2D eigenvalue weighted by molar-refractivity contribution is 0.373. The van der Waals surface area contributed by atoms with Crippen LogP contribution in [-0.2, 0) is 6.42 Å². The van der Waals surface area contributed by atoms with Gasteiger partial charge in [0.15, 0.2) is 11.5 Å². The first-order valence-corrected chi connectivity index (χ1v) is 6.54. The fraction of sp³-hybridized carbons (Fsp3) is 0.333. The molecule has 0 fully saturated rings. The maximum atomic E-state index is 5.81. The predicted molar refractivity (Wildman–Crippen MR) is 78.8 cm³/mol. The molecule has 5 heteroatoms. The number of hydrogen-bond acceptors (Lipinski definition) is 5. The molecular formula is C15H19N3O2. The van der Waals surface area contributed by atoms with E-state index in [0.29, 0.717) is 23.2 Å². The van der Waals surface area contributed by atoms with Crippen LogP contribution in [0.2, 0.25) is 0 Å². The van der Waals surface area contributed by atoms with Gasteiger partial charge in [0.25, 0.3) is 0 Å². The first kappa shape index (κ1) is 14.1. The van der Waals surface area contributed by atoms with Crippen LogP contribution in [0, 0.1) is 6.92 Å². The van der Waals surface area contributed by atoms with E-state index in [1.807, 2.05) is 32.2 Å². The molecule has 0 aliphatic heterocycles. The van der Waals surface area contributed by atoms with E-state index in [9.17, 15) is 0 Å². The molecule has 20 heavy (non-hydrogen) atoms. The zero-order valence-corrected chi connectivity index (χ0v) is 12.2. The third kappa shape index (κ3) is 3.17. The minimum absolute atomic E-state index is 0.490. The normalized spacial score (nSPS) is 10.2. The SMILES string of the molecule is CCc1ccc(Oc2cc(NC)nc(C)n2)c(OC)c1. The summed E-state index contributed by atoms with van der Waals surface area (Å²) in [5.41, 5.74) is 1.20. The number of anilines is 1. The predicted octanol–water partition coefficient (Wildman–Crippen LogP) is 3.19. The molecule has 1 aromatic heterocycles. The van der Waals surface area contributed by atoms with Crippen molar-refractivity contribution in [3.8, 4) is 17.4 Å². The Morgan fingerprint density at radius 3 is 2.60 bits per heavy atom. The van der Waals surface area contributed by atoms with Gasteiger partial charge in [0.1, 0.15) is 11.6 Å². The highest BCUT2D eigenvalue weighted by atomic mass is 16.5. The van der Waals surface area contributed by atoms with E-state index >= 15 is 0 Å². The van der Waals surface area contributed by atoms with Gasteiger partial charge in [-0.15, -0.1) is 0 Å². The van der Waals surface area contributed by atoms with Crippen molar-refractivity contribution in [3.05, 3.63) is 35.7 Å². The van der Waals surface area contributed by atoms with Gasteiger partial charge in [-0.25, -0.2) is 4.98 Å². The molecule has 2 aromatic rings. The third-order valence-corrected chi connectivity index (χ3v) is 2.92. The molecule has 1 N–H and O–H groups in total. The summed E-state index contributed by atoms with van der Waals surface area (Å²) in [5.74, 6) is 3.20. The number of ether oxygens (including phenoxy) is 2. The average Bonchev–Trinajstić information content (AvgIpc) is 2.47. The maximum absolute atomic E-state index is 5.81. The number of benzene rings is 1. The van der Waals surface area contributed by atoms with Gasteiger partial charge < -0.3 is 14.8 Å². The van der Waals surface area contributed by atoms with Crippen LogP contribution in [0.3, 0.4) is 0 Å². The summed E-state index contributed by atoms with van der Waals surface area (Å²) in [6.45, 7) is 3.92. The summed E-state index contributed by atoms with van der Waals surface area (Å²) >= 11 is 0. The van der Waals surface area contributed by atoms with Crippen molar-refractivity contribution in [2.45, 2.75) is 20.3 Å².